The van der Waals surface area contributed by atoms with Crippen molar-refractivity contribution >= 4 is 27.3 Å². The maximum absolute atomic E-state index is 3.62. The average molecular weight is 319 g/mol. The molecular weight excluding hydrogens is 296 g/mol. The first kappa shape index (κ1) is 15.2. The molecule has 0 amide bonds. The monoisotopic (exact) mass is 318 g/mol. The van der Waals surface area contributed by atoms with Gasteiger partial charge in [-0.2, -0.15) is 0 Å². The molecule has 17 heavy (non-hydrogen) atoms. The maximum atomic E-state index is 3.62. The van der Waals surface area contributed by atoms with E-state index in [0.717, 1.165) is 6.54 Å². The number of nitrogens with zero attached hydrogens (tertiary/aromatic N) is 1. The van der Waals surface area contributed by atoms with Crippen molar-refractivity contribution < 1.29 is 0 Å². The molecule has 0 fully saturated rings. The molecule has 1 rings (SSSR count). The van der Waals surface area contributed by atoms with Crippen LogP contribution in [0.4, 0.5) is 0 Å². The minimum Gasteiger partial charge on any atom is -0.308 e. The predicted molar refractivity (Wildman–Crippen MR) is 80.7 cm³/mol. The SMILES string of the molecule is CC(NCC(C(C)C)N(C)C)c1ccc(Br)s1. The van der Waals surface area contributed by atoms with Gasteiger partial charge in [-0.25, -0.2) is 0 Å². The highest BCUT2D eigenvalue weighted by Crippen LogP contribution is 2.27. The molecular formula is C13H23BrN2S. The van der Waals surface area contributed by atoms with Crippen molar-refractivity contribution in [3.8, 4) is 0 Å². The first-order valence-corrected chi connectivity index (χ1v) is 7.67. The van der Waals surface area contributed by atoms with Gasteiger partial charge in [0, 0.05) is 23.5 Å². The minimum atomic E-state index is 0.424. The average Bonchev–Trinajstić information content (AvgIpc) is 2.63. The summed E-state index contributed by atoms with van der Waals surface area (Å²) in [7, 11) is 4.30. The van der Waals surface area contributed by atoms with E-state index in [1.165, 1.54) is 8.66 Å². The highest BCUT2D eigenvalue weighted by Gasteiger charge is 2.17. The Morgan fingerprint density at radius 3 is 2.35 bits per heavy atom. The summed E-state index contributed by atoms with van der Waals surface area (Å²) in [6.45, 7) is 7.81. The first-order valence-electron chi connectivity index (χ1n) is 6.07. The van der Waals surface area contributed by atoms with E-state index in [1.54, 1.807) is 11.3 Å². The summed E-state index contributed by atoms with van der Waals surface area (Å²) in [5, 5.41) is 3.62. The maximum Gasteiger partial charge on any atom is 0.0701 e. The number of hydrogen-bond acceptors (Lipinski definition) is 3. The van der Waals surface area contributed by atoms with Crippen molar-refractivity contribution in [2.45, 2.75) is 32.9 Å². The van der Waals surface area contributed by atoms with E-state index in [2.05, 4.69) is 73.1 Å². The van der Waals surface area contributed by atoms with Crippen molar-refractivity contribution in [2.75, 3.05) is 20.6 Å². The van der Waals surface area contributed by atoms with Gasteiger partial charge in [-0.05, 0) is 55.0 Å². The van der Waals surface area contributed by atoms with Gasteiger partial charge in [0.2, 0.25) is 0 Å². The second-order valence-corrected chi connectivity index (χ2v) is 7.54. The highest BCUT2D eigenvalue weighted by molar-refractivity contribution is 9.11. The van der Waals surface area contributed by atoms with Crippen LogP contribution in [0.3, 0.4) is 0 Å². The lowest BCUT2D eigenvalue weighted by molar-refractivity contribution is 0.220. The van der Waals surface area contributed by atoms with Gasteiger partial charge in [0.25, 0.3) is 0 Å². The Morgan fingerprint density at radius 2 is 1.94 bits per heavy atom. The van der Waals surface area contributed by atoms with E-state index in [-0.39, 0.29) is 0 Å². The molecule has 1 N–H and O–H groups in total. The van der Waals surface area contributed by atoms with Crippen LogP contribution in [0.15, 0.2) is 15.9 Å². The van der Waals surface area contributed by atoms with Gasteiger partial charge in [0.1, 0.15) is 0 Å². The number of halogens is 1. The van der Waals surface area contributed by atoms with Crippen LogP contribution in [-0.4, -0.2) is 31.6 Å². The van der Waals surface area contributed by atoms with Gasteiger partial charge >= 0.3 is 0 Å². The fourth-order valence-electron chi connectivity index (χ4n) is 1.97. The summed E-state index contributed by atoms with van der Waals surface area (Å²) in [5.41, 5.74) is 0. The van der Waals surface area contributed by atoms with E-state index in [0.29, 0.717) is 18.0 Å². The fraction of sp³-hybridized carbons (Fsp3) is 0.692. The topological polar surface area (TPSA) is 15.3 Å². The molecule has 98 valence electrons. The molecule has 0 saturated heterocycles. The third-order valence-corrected chi connectivity index (χ3v) is 4.89. The number of nitrogens with one attached hydrogen (secondary N) is 1. The van der Waals surface area contributed by atoms with Crippen molar-refractivity contribution in [3.63, 3.8) is 0 Å². The molecule has 1 aromatic heterocycles. The summed E-state index contributed by atoms with van der Waals surface area (Å²) in [4.78, 5) is 3.69. The van der Waals surface area contributed by atoms with Gasteiger partial charge in [-0.15, -0.1) is 11.3 Å². The number of rotatable bonds is 6. The summed E-state index contributed by atoms with van der Waals surface area (Å²) in [6.07, 6.45) is 0. The molecule has 0 aliphatic heterocycles. The third-order valence-electron chi connectivity index (χ3n) is 3.09. The second kappa shape index (κ2) is 6.88. The lowest BCUT2D eigenvalue weighted by atomic mass is 10.0. The number of thiophene rings is 1. The number of likely N-dealkylation sites (N-methyl/N-ethyl adjacent to an activating group) is 1. The molecule has 1 aromatic rings. The summed E-state index contributed by atoms with van der Waals surface area (Å²) >= 11 is 5.31. The zero-order valence-corrected chi connectivity index (χ0v) is 13.7. The molecule has 0 spiro atoms. The van der Waals surface area contributed by atoms with Crippen LogP contribution in [0, 0.1) is 5.92 Å². The van der Waals surface area contributed by atoms with Gasteiger partial charge in [0.05, 0.1) is 3.79 Å². The summed E-state index contributed by atoms with van der Waals surface area (Å²) in [6, 6.07) is 5.31. The van der Waals surface area contributed by atoms with Crippen molar-refractivity contribution in [2.24, 2.45) is 5.92 Å². The smallest absolute Gasteiger partial charge is 0.0701 e. The van der Waals surface area contributed by atoms with Crippen molar-refractivity contribution in [1.29, 1.82) is 0 Å². The molecule has 0 radical (unpaired) electrons. The number of hydrogen-bond donors (Lipinski definition) is 1. The fourth-order valence-corrected chi connectivity index (χ4v) is 3.42. The van der Waals surface area contributed by atoms with Crippen molar-refractivity contribution in [1.82, 2.24) is 10.2 Å². The Balaban J connectivity index is 2.49. The lowest BCUT2D eigenvalue weighted by Crippen LogP contribution is -2.42. The Labute approximate surface area is 118 Å². The van der Waals surface area contributed by atoms with Gasteiger partial charge in [-0.3, -0.25) is 0 Å². The molecule has 2 unspecified atom stereocenters. The van der Waals surface area contributed by atoms with E-state index >= 15 is 0 Å². The Hall–Kier alpha value is 0.1000. The largest absolute Gasteiger partial charge is 0.308 e. The molecule has 2 atom stereocenters. The molecule has 0 aliphatic carbocycles. The van der Waals surface area contributed by atoms with Crippen LogP contribution in [-0.2, 0) is 0 Å². The molecule has 0 bridgehead atoms. The van der Waals surface area contributed by atoms with E-state index < -0.39 is 0 Å². The zero-order chi connectivity index (χ0) is 13.0. The Kier molecular flexibility index (Phi) is 6.13. The van der Waals surface area contributed by atoms with Crippen LogP contribution < -0.4 is 5.32 Å². The van der Waals surface area contributed by atoms with Crippen LogP contribution in [0.2, 0.25) is 0 Å². The van der Waals surface area contributed by atoms with Gasteiger partial charge in [-0.1, -0.05) is 13.8 Å². The predicted octanol–water partition coefficient (Wildman–Crippen LogP) is 3.75. The molecule has 0 aromatic carbocycles. The van der Waals surface area contributed by atoms with E-state index in [1.807, 2.05) is 0 Å². The second-order valence-electron chi connectivity index (χ2n) is 5.05. The summed E-state index contributed by atoms with van der Waals surface area (Å²) < 4.78 is 1.20. The molecule has 2 nitrogen and oxygen atoms in total. The lowest BCUT2D eigenvalue weighted by Gasteiger charge is -2.29. The first-order chi connectivity index (χ1) is 7.91. The molecule has 0 saturated carbocycles. The highest BCUT2D eigenvalue weighted by atomic mass is 79.9. The minimum absolute atomic E-state index is 0.424. The standard InChI is InChI=1S/C13H23BrN2S/c1-9(2)11(16(4)5)8-15-10(3)12-6-7-13(14)17-12/h6-7,9-11,15H,8H2,1-5H3. The third kappa shape index (κ3) is 4.70. The summed E-state index contributed by atoms with van der Waals surface area (Å²) in [5.74, 6) is 0.666. The van der Waals surface area contributed by atoms with Crippen molar-refractivity contribution in [3.05, 3.63) is 20.8 Å². The normalized spacial score (nSPS) is 15.5. The van der Waals surface area contributed by atoms with Gasteiger partial charge < -0.3 is 10.2 Å². The molecule has 0 aliphatic rings. The Morgan fingerprint density at radius 1 is 1.29 bits per heavy atom. The molecule has 4 heteroatoms. The van der Waals surface area contributed by atoms with Crippen LogP contribution >= 0.6 is 27.3 Å². The zero-order valence-electron chi connectivity index (χ0n) is 11.3. The van der Waals surface area contributed by atoms with Crippen LogP contribution in [0.25, 0.3) is 0 Å². The van der Waals surface area contributed by atoms with E-state index in [4.69, 9.17) is 0 Å². The Bertz CT molecular complexity index is 328. The van der Waals surface area contributed by atoms with Gasteiger partial charge in [0.15, 0.2) is 0 Å². The van der Waals surface area contributed by atoms with Crippen LogP contribution in [0.5, 0.6) is 0 Å². The molecule has 1 heterocycles. The van der Waals surface area contributed by atoms with E-state index in [9.17, 15) is 0 Å². The van der Waals surface area contributed by atoms with Crippen LogP contribution in [0.1, 0.15) is 31.7 Å². The quantitative estimate of drug-likeness (QED) is 0.859.